The summed E-state index contributed by atoms with van der Waals surface area (Å²) in [6.45, 7) is 8.03. The van der Waals surface area contributed by atoms with Crippen LogP contribution in [-0.4, -0.2) is 20.8 Å². The van der Waals surface area contributed by atoms with Crippen LogP contribution in [0.15, 0.2) is 23.4 Å². The first-order valence-electron chi connectivity index (χ1n) is 6.07. The molecule has 1 aromatic heterocycles. The van der Waals surface area contributed by atoms with Gasteiger partial charge >= 0.3 is 0 Å². The molecule has 0 radical (unpaired) electrons. The SMILES string of the molecule is Cc1cc(-n2nc(C)c(C)c2C)ccc1/C(N)=N/O. The molecule has 3 N–H and O–H groups in total. The summed E-state index contributed by atoms with van der Waals surface area (Å²) in [4.78, 5) is 0. The van der Waals surface area contributed by atoms with Gasteiger partial charge in [0.15, 0.2) is 5.84 Å². The predicted octanol–water partition coefficient (Wildman–Crippen LogP) is 2.20. The third-order valence-electron chi connectivity index (χ3n) is 3.49. The van der Waals surface area contributed by atoms with E-state index in [0.717, 1.165) is 28.2 Å². The van der Waals surface area contributed by atoms with Crippen molar-refractivity contribution < 1.29 is 5.21 Å². The minimum atomic E-state index is 0.119. The van der Waals surface area contributed by atoms with E-state index < -0.39 is 0 Å². The molecule has 5 heteroatoms. The normalized spacial score (nSPS) is 11.9. The third kappa shape index (κ3) is 2.19. The Morgan fingerprint density at radius 1 is 1.26 bits per heavy atom. The lowest BCUT2D eigenvalue weighted by Gasteiger charge is -2.09. The molecule has 0 aliphatic heterocycles. The second-order valence-corrected chi connectivity index (χ2v) is 4.69. The van der Waals surface area contributed by atoms with Crippen LogP contribution in [0, 0.1) is 27.7 Å². The van der Waals surface area contributed by atoms with E-state index in [1.54, 1.807) is 0 Å². The van der Waals surface area contributed by atoms with Crippen molar-refractivity contribution in [1.82, 2.24) is 9.78 Å². The molecular weight excluding hydrogens is 240 g/mol. The zero-order valence-corrected chi connectivity index (χ0v) is 11.6. The summed E-state index contributed by atoms with van der Waals surface area (Å²) >= 11 is 0. The highest BCUT2D eigenvalue weighted by molar-refractivity contribution is 5.98. The lowest BCUT2D eigenvalue weighted by Crippen LogP contribution is -2.15. The summed E-state index contributed by atoms with van der Waals surface area (Å²) in [5.74, 6) is 0.119. The van der Waals surface area contributed by atoms with Gasteiger partial charge in [0, 0.05) is 11.3 Å². The molecule has 2 rings (SSSR count). The Balaban J connectivity index is 2.53. The molecule has 19 heavy (non-hydrogen) atoms. The van der Waals surface area contributed by atoms with E-state index in [1.807, 2.05) is 43.7 Å². The van der Waals surface area contributed by atoms with E-state index >= 15 is 0 Å². The van der Waals surface area contributed by atoms with Crippen LogP contribution in [0.5, 0.6) is 0 Å². The predicted molar refractivity (Wildman–Crippen MR) is 75.0 cm³/mol. The van der Waals surface area contributed by atoms with E-state index in [4.69, 9.17) is 10.9 Å². The van der Waals surface area contributed by atoms with Crippen LogP contribution >= 0.6 is 0 Å². The Bertz CT molecular complexity index is 656. The molecule has 0 aliphatic carbocycles. The summed E-state index contributed by atoms with van der Waals surface area (Å²) in [5.41, 5.74) is 11.6. The van der Waals surface area contributed by atoms with Crippen molar-refractivity contribution in [2.24, 2.45) is 10.9 Å². The van der Waals surface area contributed by atoms with Gasteiger partial charge in [0.2, 0.25) is 0 Å². The molecule has 0 saturated carbocycles. The Kier molecular flexibility index (Phi) is 3.29. The first-order valence-corrected chi connectivity index (χ1v) is 6.07. The summed E-state index contributed by atoms with van der Waals surface area (Å²) < 4.78 is 1.91. The van der Waals surface area contributed by atoms with Crippen molar-refractivity contribution in [3.63, 3.8) is 0 Å². The number of benzene rings is 1. The Hall–Kier alpha value is -2.30. The average molecular weight is 258 g/mol. The smallest absolute Gasteiger partial charge is 0.170 e. The third-order valence-corrected chi connectivity index (χ3v) is 3.49. The van der Waals surface area contributed by atoms with Gasteiger partial charge in [-0.3, -0.25) is 0 Å². The number of nitrogens with two attached hydrogens (primary N) is 1. The van der Waals surface area contributed by atoms with Crippen LogP contribution < -0.4 is 5.73 Å². The van der Waals surface area contributed by atoms with E-state index in [9.17, 15) is 0 Å². The maximum atomic E-state index is 8.73. The molecule has 100 valence electrons. The van der Waals surface area contributed by atoms with Gasteiger partial charge in [0.1, 0.15) is 0 Å². The summed E-state index contributed by atoms with van der Waals surface area (Å²) in [6, 6.07) is 5.73. The molecule has 0 fully saturated rings. The zero-order chi connectivity index (χ0) is 14.2. The van der Waals surface area contributed by atoms with E-state index in [0.29, 0.717) is 0 Å². The molecule has 5 nitrogen and oxygen atoms in total. The average Bonchev–Trinajstić information content (AvgIpc) is 2.65. The van der Waals surface area contributed by atoms with Crippen LogP contribution in [0.1, 0.15) is 28.1 Å². The van der Waals surface area contributed by atoms with Gasteiger partial charge in [-0.1, -0.05) is 5.16 Å². The molecule has 0 unspecified atom stereocenters. The molecule has 0 amide bonds. The summed E-state index contributed by atoms with van der Waals surface area (Å²) in [5, 5.41) is 16.3. The molecule has 1 aromatic carbocycles. The number of oxime groups is 1. The highest BCUT2D eigenvalue weighted by Gasteiger charge is 2.11. The fourth-order valence-corrected chi connectivity index (χ4v) is 2.09. The molecular formula is C14H18N4O. The van der Waals surface area contributed by atoms with Crippen LogP contribution in [0.25, 0.3) is 5.69 Å². The maximum Gasteiger partial charge on any atom is 0.170 e. The van der Waals surface area contributed by atoms with Crippen LogP contribution in [-0.2, 0) is 0 Å². The van der Waals surface area contributed by atoms with Gasteiger partial charge in [0.25, 0.3) is 0 Å². The van der Waals surface area contributed by atoms with Crippen molar-refractivity contribution in [3.05, 3.63) is 46.3 Å². The Morgan fingerprint density at radius 2 is 1.95 bits per heavy atom. The van der Waals surface area contributed by atoms with Crippen LogP contribution in [0.3, 0.4) is 0 Å². The van der Waals surface area contributed by atoms with Gasteiger partial charge in [0.05, 0.1) is 11.4 Å². The molecule has 0 spiro atoms. The van der Waals surface area contributed by atoms with Crippen LogP contribution in [0.2, 0.25) is 0 Å². The lowest BCUT2D eigenvalue weighted by molar-refractivity contribution is 0.318. The minimum Gasteiger partial charge on any atom is -0.409 e. The van der Waals surface area contributed by atoms with E-state index in [-0.39, 0.29) is 5.84 Å². The topological polar surface area (TPSA) is 76.4 Å². The quantitative estimate of drug-likeness (QED) is 0.375. The first-order chi connectivity index (χ1) is 8.95. The number of hydrogen-bond donors (Lipinski definition) is 2. The summed E-state index contributed by atoms with van der Waals surface area (Å²) in [6.07, 6.45) is 0. The van der Waals surface area contributed by atoms with Gasteiger partial charge in [-0.25, -0.2) is 4.68 Å². The molecule has 0 atom stereocenters. The number of rotatable bonds is 2. The standard InChI is InChI=1S/C14H18N4O/c1-8-7-12(5-6-13(8)14(15)17-19)18-11(4)9(2)10(3)16-18/h5-7,19H,1-4H3,(H2,15,17). The molecule has 0 bridgehead atoms. The van der Waals surface area contributed by atoms with Crippen molar-refractivity contribution in [2.45, 2.75) is 27.7 Å². The fraction of sp³-hybridized carbons (Fsp3) is 0.286. The second kappa shape index (κ2) is 4.76. The Morgan fingerprint density at radius 3 is 2.42 bits per heavy atom. The van der Waals surface area contributed by atoms with E-state index in [1.165, 1.54) is 5.56 Å². The van der Waals surface area contributed by atoms with Gasteiger partial charge in [-0.2, -0.15) is 5.10 Å². The summed E-state index contributed by atoms with van der Waals surface area (Å²) in [7, 11) is 0. The number of nitrogens with zero attached hydrogens (tertiary/aromatic N) is 3. The van der Waals surface area contributed by atoms with Gasteiger partial charge < -0.3 is 10.9 Å². The van der Waals surface area contributed by atoms with Crippen molar-refractivity contribution in [1.29, 1.82) is 0 Å². The number of aromatic nitrogens is 2. The van der Waals surface area contributed by atoms with Crippen LogP contribution in [0.4, 0.5) is 0 Å². The second-order valence-electron chi connectivity index (χ2n) is 4.69. The number of hydrogen-bond acceptors (Lipinski definition) is 3. The molecule has 2 aromatic rings. The monoisotopic (exact) mass is 258 g/mol. The maximum absolute atomic E-state index is 8.73. The number of amidine groups is 1. The van der Waals surface area contributed by atoms with Crippen molar-refractivity contribution >= 4 is 5.84 Å². The molecule has 0 aliphatic rings. The first kappa shape index (κ1) is 13.1. The highest BCUT2D eigenvalue weighted by Crippen LogP contribution is 2.19. The minimum absolute atomic E-state index is 0.119. The fourth-order valence-electron chi connectivity index (χ4n) is 2.09. The molecule has 0 saturated heterocycles. The van der Waals surface area contributed by atoms with Crippen molar-refractivity contribution in [3.8, 4) is 5.69 Å². The Labute approximate surface area is 112 Å². The van der Waals surface area contributed by atoms with Crippen molar-refractivity contribution in [2.75, 3.05) is 0 Å². The van der Waals surface area contributed by atoms with Gasteiger partial charge in [-0.05, 0) is 57.0 Å². The highest BCUT2D eigenvalue weighted by atomic mass is 16.4. The van der Waals surface area contributed by atoms with Gasteiger partial charge in [-0.15, -0.1) is 0 Å². The van der Waals surface area contributed by atoms with E-state index in [2.05, 4.69) is 17.2 Å². The number of aryl methyl sites for hydroxylation is 2. The zero-order valence-electron chi connectivity index (χ0n) is 11.6. The lowest BCUT2D eigenvalue weighted by atomic mass is 10.1. The molecule has 1 heterocycles. The largest absolute Gasteiger partial charge is 0.409 e.